The number of likely N-dealkylation sites (tertiary alicyclic amines) is 1. The van der Waals surface area contributed by atoms with Crippen LogP contribution in [0.3, 0.4) is 0 Å². The van der Waals surface area contributed by atoms with Gasteiger partial charge in [0.05, 0.1) is 42.2 Å². The van der Waals surface area contributed by atoms with Crippen molar-refractivity contribution >= 4 is 11.5 Å². The van der Waals surface area contributed by atoms with E-state index in [1.54, 1.807) is 24.5 Å². The Bertz CT molecular complexity index is 896. The minimum absolute atomic E-state index is 0.270. The minimum Gasteiger partial charge on any atom is -0.338 e. The van der Waals surface area contributed by atoms with Crippen LogP contribution in [0.4, 0.5) is 11.5 Å². The highest BCUT2D eigenvalue weighted by atomic mass is 15.2. The molecule has 0 spiro atoms. The molecule has 1 atom stereocenters. The number of nitrogens with one attached hydrogen (secondary N) is 2. The van der Waals surface area contributed by atoms with Gasteiger partial charge in [-0.15, -0.1) is 0 Å². The summed E-state index contributed by atoms with van der Waals surface area (Å²) in [6, 6.07) is 5.74. The first-order valence-electron chi connectivity index (χ1n) is 8.98. The average Bonchev–Trinajstić information content (AvgIpc) is 3.23. The Balaban J connectivity index is 1.45. The molecule has 4 heterocycles. The van der Waals surface area contributed by atoms with E-state index in [0.29, 0.717) is 11.5 Å². The summed E-state index contributed by atoms with van der Waals surface area (Å²) in [6.07, 6.45) is 12.5. The molecule has 1 fully saturated rings. The smallest absolute Gasteiger partial charge is 0.148 e. The lowest BCUT2D eigenvalue weighted by molar-refractivity contribution is 0.137. The molecule has 8 nitrogen and oxygen atoms in total. The van der Waals surface area contributed by atoms with E-state index in [2.05, 4.69) is 35.4 Å². The van der Waals surface area contributed by atoms with Crippen LogP contribution in [0, 0.1) is 11.3 Å². The number of nitrogens with zero attached hydrogens (tertiary/aromatic N) is 6. The van der Waals surface area contributed by atoms with Crippen LogP contribution in [-0.4, -0.2) is 36.6 Å². The Morgan fingerprint density at radius 1 is 1.15 bits per heavy atom. The highest BCUT2D eigenvalue weighted by molar-refractivity contribution is 5.54. The number of hydrogen-bond acceptors (Lipinski definition) is 7. The molecule has 0 amide bonds. The molecule has 1 aliphatic heterocycles. The zero-order chi connectivity index (χ0) is 18.5. The molecule has 1 aliphatic rings. The summed E-state index contributed by atoms with van der Waals surface area (Å²) < 4.78 is 0. The first-order chi connectivity index (χ1) is 13.3. The third kappa shape index (κ3) is 4.10. The van der Waals surface area contributed by atoms with Crippen molar-refractivity contribution in [1.82, 2.24) is 30.0 Å². The summed E-state index contributed by atoms with van der Waals surface area (Å²) in [5.41, 5.74) is 3.33. The molecule has 0 unspecified atom stereocenters. The molecule has 0 radical (unpaired) electrons. The molecular formula is C19H20N8. The molecule has 1 saturated heterocycles. The van der Waals surface area contributed by atoms with Gasteiger partial charge in [-0.2, -0.15) is 10.4 Å². The third-order valence-corrected chi connectivity index (χ3v) is 4.72. The maximum atomic E-state index is 8.81. The number of piperidine rings is 1. The van der Waals surface area contributed by atoms with Gasteiger partial charge < -0.3 is 5.32 Å². The zero-order valence-electron chi connectivity index (χ0n) is 14.8. The highest BCUT2D eigenvalue weighted by Gasteiger charge is 2.25. The van der Waals surface area contributed by atoms with E-state index < -0.39 is 0 Å². The Morgan fingerprint density at radius 3 is 2.81 bits per heavy atom. The minimum atomic E-state index is 0.270. The number of aromatic nitrogens is 5. The normalized spacial score (nSPS) is 17.4. The average molecular weight is 360 g/mol. The molecule has 0 bridgehead atoms. The van der Waals surface area contributed by atoms with E-state index in [0.717, 1.165) is 30.9 Å². The van der Waals surface area contributed by atoms with Gasteiger partial charge in [-0.25, -0.2) is 9.97 Å². The number of hydrogen-bond donors (Lipinski definition) is 2. The van der Waals surface area contributed by atoms with Gasteiger partial charge in [0.2, 0.25) is 0 Å². The molecule has 27 heavy (non-hydrogen) atoms. The number of rotatable bonds is 5. The van der Waals surface area contributed by atoms with Crippen LogP contribution in [0.5, 0.6) is 0 Å². The number of aromatic amines is 1. The van der Waals surface area contributed by atoms with E-state index in [-0.39, 0.29) is 6.04 Å². The van der Waals surface area contributed by atoms with Gasteiger partial charge in [0.25, 0.3) is 0 Å². The molecule has 2 N–H and O–H groups in total. The number of pyridine rings is 1. The molecule has 0 aromatic carbocycles. The fraction of sp³-hybridized carbons (Fsp3) is 0.316. The van der Waals surface area contributed by atoms with Crippen LogP contribution >= 0.6 is 0 Å². The first-order valence-corrected chi connectivity index (χ1v) is 8.98. The van der Waals surface area contributed by atoms with Crippen molar-refractivity contribution in [3.8, 4) is 6.07 Å². The van der Waals surface area contributed by atoms with Crippen LogP contribution in [0.2, 0.25) is 0 Å². The molecule has 136 valence electrons. The van der Waals surface area contributed by atoms with Gasteiger partial charge in [0.1, 0.15) is 17.6 Å². The molecule has 3 aromatic rings. The predicted molar refractivity (Wildman–Crippen MR) is 99.9 cm³/mol. The number of anilines is 2. The standard InChI is InChI=1S/C19H20N8/c20-7-15-4-5-16(10-21-15)26-19-12-22-17(11-23-19)18-3-1-2-6-27(18)13-14-8-24-25-9-14/h4-5,8-12,18H,1-3,6,13H2,(H,23,26)(H,24,25)/t18-/m1/s1. The Labute approximate surface area is 157 Å². The van der Waals surface area contributed by atoms with Crippen molar-refractivity contribution in [2.45, 2.75) is 31.8 Å². The molecule has 0 aliphatic carbocycles. The lowest BCUT2D eigenvalue weighted by atomic mass is 9.99. The fourth-order valence-corrected chi connectivity index (χ4v) is 3.37. The predicted octanol–water partition coefficient (Wildman–Crippen LogP) is 2.94. The summed E-state index contributed by atoms with van der Waals surface area (Å²) in [7, 11) is 0. The number of nitriles is 1. The molecular weight excluding hydrogens is 340 g/mol. The fourth-order valence-electron chi connectivity index (χ4n) is 3.37. The van der Waals surface area contributed by atoms with Gasteiger partial charge in [0.15, 0.2) is 0 Å². The van der Waals surface area contributed by atoms with Crippen LogP contribution in [0.15, 0.2) is 43.1 Å². The second-order valence-corrected chi connectivity index (χ2v) is 6.58. The second-order valence-electron chi connectivity index (χ2n) is 6.58. The highest BCUT2D eigenvalue weighted by Crippen LogP contribution is 2.31. The van der Waals surface area contributed by atoms with Gasteiger partial charge in [-0.05, 0) is 31.5 Å². The Kier molecular flexibility index (Phi) is 5.03. The lowest BCUT2D eigenvalue weighted by Gasteiger charge is -2.34. The van der Waals surface area contributed by atoms with Gasteiger partial charge in [0, 0.05) is 18.3 Å². The van der Waals surface area contributed by atoms with Crippen LogP contribution < -0.4 is 5.32 Å². The van der Waals surface area contributed by atoms with Crippen molar-refractivity contribution in [1.29, 1.82) is 5.26 Å². The summed E-state index contributed by atoms with van der Waals surface area (Å²) in [6.45, 7) is 1.91. The van der Waals surface area contributed by atoms with E-state index in [4.69, 9.17) is 5.26 Å². The van der Waals surface area contributed by atoms with Gasteiger partial charge >= 0.3 is 0 Å². The van der Waals surface area contributed by atoms with Crippen molar-refractivity contribution in [3.05, 3.63) is 60.1 Å². The van der Waals surface area contributed by atoms with Crippen LogP contribution in [0.25, 0.3) is 0 Å². The van der Waals surface area contributed by atoms with Gasteiger partial charge in [-0.3, -0.25) is 15.0 Å². The third-order valence-electron chi connectivity index (χ3n) is 4.72. The summed E-state index contributed by atoms with van der Waals surface area (Å²) in [5.74, 6) is 0.655. The number of H-pyrrole nitrogens is 1. The van der Waals surface area contributed by atoms with E-state index in [1.165, 1.54) is 18.4 Å². The van der Waals surface area contributed by atoms with Crippen molar-refractivity contribution in [2.24, 2.45) is 0 Å². The molecule has 0 saturated carbocycles. The van der Waals surface area contributed by atoms with E-state index in [1.807, 2.05) is 24.7 Å². The second kappa shape index (κ2) is 7.93. The summed E-state index contributed by atoms with van der Waals surface area (Å²) in [4.78, 5) is 15.6. The van der Waals surface area contributed by atoms with Crippen molar-refractivity contribution in [3.63, 3.8) is 0 Å². The topological polar surface area (TPSA) is 106 Å². The Morgan fingerprint density at radius 2 is 2.11 bits per heavy atom. The van der Waals surface area contributed by atoms with Crippen LogP contribution in [-0.2, 0) is 6.54 Å². The van der Waals surface area contributed by atoms with E-state index >= 15 is 0 Å². The quantitative estimate of drug-likeness (QED) is 0.720. The van der Waals surface area contributed by atoms with Crippen LogP contribution in [0.1, 0.15) is 42.3 Å². The maximum Gasteiger partial charge on any atom is 0.148 e. The summed E-state index contributed by atoms with van der Waals surface area (Å²) >= 11 is 0. The maximum absolute atomic E-state index is 8.81. The van der Waals surface area contributed by atoms with Crippen molar-refractivity contribution in [2.75, 3.05) is 11.9 Å². The SMILES string of the molecule is N#Cc1ccc(Nc2cnc([C@H]3CCCCN3Cc3cn[nH]c3)cn2)cn1. The first kappa shape index (κ1) is 17.1. The van der Waals surface area contributed by atoms with E-state index in [9.17, 15) is 0 Å². The summed E-state index contributed by atoms with van der Waals surface area (Å²) in [5, 5.41) is 18.9. The molecule has 3 aromatic heterocycles. The van der Waals surface area contributed by atoms with Gasteiger partial charge in [-0.1, -0.05) is 6.42 Å². The zero-order valence-corrected chi connectivity index (χ0v) is 14.8. The molecule has 4 rings (SSSR count). The monoisotopic (exact) mass is 360 g/mol. The molecule has 8 heteroatoms. The Hall–Kier alpha value is -3.31. The largest absolute Gasteiger partial charge is 0.338 e. The lowest BCUT2D eigenvalue weighted by Crippen LogP contribution is -2.33. The van der Waals surface area contributed by atoms with Crippen molar-refractivity contribution < 1.29 is 0 Å².